The van der Waals surface area contributed by atoms with Crippen molar-refractivity contribution in [3.8, 4) is 5.95 Å². The second-order valence-corrected chi connectivity index (χ2v) is 3.38. The van der Waals surface area contributed by atoms with E-state index in [-0.39, 0.29) is 12.5 Å². The summed E-state index contributed by atoms with van der Waals surface area (Å²) >= 11 is 0. The fourth-order valence-electron chi connectivity index (χ4n) is 1.45. The van der Waals surface area contributed by atoms with Crippen molar-refractivity contribution in [2.75, 3.05) is 13.7 Å². The fraction of sp³-hybridized carbons (Fsp3) is 0.400. The van der Waals surface area contributed by atoms with Gasteiger partial charge in [-0.05, 0) is 6.42 Å². The molecule has 2 rings (SSSR count). The number of allylic oxidation sites excluding steroid dienone is 1. The number of aromatic nitrogens is 2. The van der Waals surface area contributed by atoms with Crippen LogP contribution in [0.25, 0.3) is 0 Å². The Hall–Kier alpha value is -2.38. The van der Waals surface area contributed by atoms with Crippen LogP contribution in [0.3, 0.4) is 0 Å². The molecule has 0 atom stereocenters. The first-order valence-electron chi connectivity index (χ1n) is 5.32. The normalized spacial score (nSPS) is 14.9. The van der Waals surface area contributed by atoms with Crippen LogP contribution in [0.4, 0.5) is 0 Å². The van der Waals surface area contributed by atoms with Crippen molar-refractivity contribution in [1.82, 2.24) is 15.7 Å². The zero-order valence-corrected chi connectivity index (χ0v) is 9.97. The van der Waals surface area contributed by atoms with Gasteiger partial charge in [-0.15, -0.1) is 5.10 Å². The van der Waals surface area contributed by atoms with Gasteiger partial charge in [0.1, 0.15) is 6.20 Å². The van der Waals surface area contributed by atoms with E-state index in [0.717, 1.165) is 0 Å². The van der Waals surface area contributed by atoms with Gasteiger partial charge in [0.25, 0.3) is 6.02 Å². The first kappa shape index (κ1) is 12.1. The molecule has 0 radical (unpaired) electrons. The summed E-state index contributed by atoms with van der Waals surface area (Å²) in [6, 6.07) is 0.379. The maximum Gasteiger partial charge on any atom is 0.345 e. The minimum absolute atomic E-state index is 0.0514. The van der Waals surface area contributed by atoms with Gasteiger partial charge in [0, 0.05) is 5.27 Å². The number of hydrogen-bond donors (Lipinski definition) is 1. The number of hydrogen-bond acceptors (Lipinski definition) is 8. The molecule has 0 saturated heterocycles. The Kier molecular flexibility index (Phi) is 3.56. The number of aliphatic imine (C=N–C) groups is 1. The van der Waals surface area contributed by atoms with Crippen molar-refractivity contribution in [1.29, 1.82) is 0 Å². The molecule has 0 spiro atoms. The van der Waals surface area contributed by atoms with Crippen LogP contribution in [0, 0.1) is 0 Å². The molecule has 0 bridgehead atoms. The lowest BCUT2D eigenvalue weighted by atomic mass is 10.1. The molecule has 1 aliphatic heterocycles. The van der Waals surface area contributed by atoms with Crippen LogP contribution in [0.5, 0.6) is 5.95 Å². The van der Waals surface area contributed by atoms with E-state index < -0.39 is 5.97 Å². The van der Waals surface area contributed by atoms with E-state index in [1.807, 2.05) is 6.92 Å². The second kappa shape index (κ2) is 5.30. The molecule has 0 aliphatic carbocycles. The quantitative estimate of drug-likeness (QED) is 0.769. The Morgan fingerprint density at radius 1 is 1.61 bits per heavy atom. The minimum Gasteiger partial charge on any atom is -0.468 e. The first-order valence-corrected chi connectivity index (χ1v) is 5.32. The lowest BCUT2D eigenvalue weighted by Crippen LogP contribution is -2.34. The van der Waals surface area contributed by atoms with E-state index in [1.54, 1.807) is 0 Å². The highest BCUT2D eigenvalue weighted by Gasteiger charge is 2.22. The maximum atomic E-state index is 11.9. The predicted molar refractivity (Wildman–Crippen MR) is 59.7 cm³/mol. The van der Waals surface area contributed by atoms with E-state index in [1.165, 1.54) is 13.3 Å². The molecule has 1 N–H and O–H groups in total. The molecule has 8 nitrogen and oxygen atoms in total. The van der Waals surface area contributed by atoms with Gasteiger partial charge in [-0.2, -0.15) is 0 Å². The SMILES string of the molecule is CCC1=C(C(=O)Oc2cnno2)CNC(OC)=N1. The number of carbonyl (C=O) groups is 1. The van der Waals surface area contributed by atoms with E-state index in [4.69, 9.17) is 9.47 Å². The Labute approximate surface area is 103 Å². The topological polar surface area (TPSA) is 98.8 Å². The van der Waals surface area contributed by atoms with Crippen molar-refractivity contribution in [2.24, 2.45) is 4.99 Å². The largest absolute Gasteiger partial charge is 0.468 e. The summed E-state index contributed by atoms with van der Waals surface area (Å²) in [5.74, 6) is -0.596. The molecule has 1 aromatic rings. The van der Waals surface area contributed by atoms with Gasteiger partial charge >= 0.3 is 11.9 Å². The summed E-state index contributed by atoms with van der Waals surface area (Å²) < 4.78 is 14.5. The van der Waals surface area contributed by atoms with Crippen LogP contribution in [-0.2, 0) is 9.53 Å². The van der Waals surface area contributed by atoms with E-state index in [2.05, 4.69) is 25.2 Å². The third-order valence-electron chi connectivity index (χ3n) is 2.31. The minimum atomic E-state index is -0.545. The van der Waals surface area contributed by atoms with Gasteiger partial charge in [-0.3, -0.25) is 4.52 Å². The molecule has 0 aromatic carbocycles. The van der Waals surface area contributed by atoms with E-state index in [0.29, 0.717) is 23.7 Å². The Morgan fingerprint density at radius 3 is 3.06 bits per heavy atom. The van der Waals surface area contributed by atoms with Crippen LogP contribution in [-0.4, -0.2) is 36.0 Å². The number of nitrogens with zero attached hydrogens (tertiary/aromatic N) is 3. The average Bonchev–Trinajstić information content (AvgIpc) is 2.90. The monoisotopic (exact) mass is 252 g/mol. The number of nitrogens with one attached hydrogen (secondary N) is 1. The molecule has 8 heteroatoms. The van der Waals surface area contributed by atoms with Crippen LogP contribution in [0.2, 0.25) is 0 Å². The summed E-state index contributed by atoms with van der Waals surface area (Å²) in [4.78, 5) is 16.0. The molecule has 0 fully saturated rings. The Morgan fingerprint density at radius 2 is 2.44 bits per heavy atom. The van der Waals surface area contributed by atoms with Crippen molar-refractivity contribution >= 4 is 12.0 Å². The molecular formula is C10H12N4O4. The van der Waals surface area contributed by atoms with Crippen LogP contribution >= 0.6 is 0 Å². The molecule has 18 heavy (non-hydrogen) atoms. The number of ether oxygens (including phenoxy) is 2. The first-order chi connectivity index (χ1) is 8.74. The third kappa shape index (κ3) is 2.47. The van der Waals surface area contributed by atoms with Gasteiger partial charge in [0.05, 0.1) is 24.9 Å². The number of methoxy groups -OCH3 is 1. The number of amidine groups is 1. The van der Waals surface area contributed by atoms with Gasteiger partial charge in [0.2, 0.25) is 0 Å². The second-order valence-electron chi connectivity index (χ2n) is 3.38. The molecule has 0 saturated carbocycles. The van der Waals surface area contributed by atoms with Crippen molar-refractivity contribution < 1.29 is 18.8 Å². The highest BCUT2D eigenvalue weighted by molar-refractivity contribution is 5.93. The molecule has 2 heterocycles. The van der Waals surface area contributed by atoms with Crippen LogP contribution in [0.1, 0.15) is 13.3 Å². The van der Waals surface area contributed by atoms with Gasteiger partial charge in [0.15, 0.2) is 0 Å². The Balaban J connectivity index is 2.17. The Bertz CT molecular complexity index is 492. The van der Waals surface area contributed by atoms with Crippen molar-refractivity contribution in [3.63, 3.8) is 0 Å². The molecular weight excluding hydrogens is 240 g/mol. The van der Waals surface area contributed by atoms with Crippen LogP contribution in [0.15, 0.2) is 27.0 Å². The summed E-state index contributed by atoms with van der Waals surface area (Å²) in [6.45, 7) is 2.18. The molecule has 1 aromatic heterocycles. The average molecular weight is 252 g/mol. The van der Waals surface area contributed by atoms with E-state index >= 15 is 0 Å². The summed E-state index contributed by atoms with van der Waals surface area (Å²) in [5, 5.41) is 9.47. The molecule has 0 amide bonds. The standard InChI is InChI=1S/C10H12N4O4/c1-3-7-6(4-11-10(13-7)16-2)9(15)17-8-5-12-14-18-8/h5H,3-4H2,1-2H3,(H,11,13). The van der Waals surface area contributed by atoms with Gasteiger partial charge < -0.3 is 14.8 Å². The molecule has 0 unspecified atom stereocenters. The summed E-state index contributed by atoms with van der Waals surface area (Å²) in [6.07, 6.45) is 1.80. The van der Waals surface area contributed by atoms with Crippen LogP contribution < -0.4 is 10.1 Å². The molecule has 96 valence electrons. The van der Waals surface area contributed by atoms with Crippen molar-refractivity contribution in [3.05, 3.63) is 17.5 Å². The lowest BCUT2D eigenvalue weighted by Gasteiger charge is -2.17. The third-order valence-corrected chi connectivity index (χ3v) is 2.31. The van der Waals surface area contributed by atoms with Crippen molar-refractivity contribution in [2.45, 2.75) is 13.3 Å². The van der Waals surface area contributed by atoms with Gasteiger partial charge in [-0.1, -0.05) is 6.92 Å². The number of carbonyl (C=O) groups excluding carboxylic acids is 1. The van der Waals surface area contributed by atoms with E-state index in [9.17, 15) is 4.79 Å². The predicted octanol–water partition coefficient (Wildman–Crippen LogP) is 0.245. The lowest BCUT2D eigenvalue weighted by molar-refractivity contribution is -0.131. The maximum absolute atomic E-state index is 11.9. The smallest absolute Gasteiger partial charge is 0.345 e. The zero-order valence-electron chi connectivity index (χ0n) is 9.97. The number of esters is 1. The summed E-state index contributed by atoms with van der Waals surface area (Å²) in [7, 11) is 1.50. The fourth-order valence-corrected chi connectivity index (χ4v) is 1.45. The zero-order chi connectivity index (χ0) is 13.0. The van der Waals surface area contributed by atoms with Gasteiger partial charge in [-0.25, -0.2) is 9.79 Å². The summed E-state index contributed by atoms with van der Waals surface area (Å²) in [5.41, 5.74) is 1.04. The highest BCUT2D eigenvalue weighted by Crippen LogP contribution is 2.17. The number of rotatable bonds is 3. The molecule has 1 aliphatic rings. The highest BCUT2D eigenvalue weighted by atomic mass is 16.7.